The number of aliphatic carboxylic acids is 1. The Morgan fingerprint density at radius 1 is 1.17 bits per heavy atom. The fourth-order valence-corrected chi connectivity index (χ4v) is 2.87. The molecule has 2 unspecified atom stereocenters. The van der Waals surface area contributed by atoms with E-state index in [1.54, 1.807) is 0 Å². The molecule has 1 N–H and O–H groups in total. The maximum atomic E-state index is 13.0. The summed E-state index contributed by atoms with van der Waals surface area (Å²) in [6, 6.07) is 4.51. The molecule has 1 aliphatic carbocycles. The van der Waals surface area contributed by atoms with Crippen LogP contribution in [-0.4, -0.2) is 29.4 Å². The number of rotatable bonds is 6. The molecule has 1 aliphatic rings. The van der Waals surface area contributed by atoms with E-state index < -0.39 is 41.9 Å². The van der Waals surface area contributed by atoms with Crippen molar-refractivity contribution in [1.82, 2.24) is 0 Å². The first-order chi connectivity index (χ1) is 11.2. The zero-order valence-corrected chi connectivity index (χ0v) is 12.6. The lowest BCUT2D eigenvalue weighted by Crippen LogP contribution is -2.34. The molecule has 1 saturated carbocycles. The Morgan fingerprint density at radius 2 is 1.79 bits per heavy atom. The molecule has 0 aromatic heterocycles. The van der Waals surface area contributed by atoms with Crippen molar-refractivity contribution in [3.8, 4) is 5.75 Å². The molecule has 2 rings (SSSR count). The van der Waals surface area contributed by atoms with Gasteiger partial charge in [0.05, 0.1) is 5.92 Å². The van der Waals surface area contributed by atoms with E-state index in [-0.39, 0.29) is 5.56 Å². The minimum Gasteiger partial charge on any atom is -0.481 e. The summed E-state index contributed by atoms with van der Waals surface area (Å²) in [6.07, 6.45) is -6.54. The van der Waals surface area contributed by atoms with Crippen LogP contribution in [0.2, 0.25) is 0 Å². The number of halogens is 4. The summed E-state index contributed by atoms with van der Waals surface area (Å²) in [7, 11) is 0. The third-order valence-electron chi connectivity index (χ3n) is 4.05. The molecule has 24 heavy (non-hydrogen) atoms. The van der Waals surface area contributed by atoms with Crippen LogP contribution >= 0.6 is 0 Å². The zero-order chi connectivity index (χ0) is 17.9. The molecule has 2 atom stereocenters. The van der Waals surface area contributed by atoms with Crippen molar-refractivity contribution in [2.45, 2.75) is 38.2 Å². The lowest BCUT2D eigenvalue weighted by molar-refractivity contribution is -0.253. The Labute approximate surface area is 135 Å². The average Bonchev–Trinajstić information content (AvgIpc) is 2.53. The Morgan fingerprint density at radius 3 is 2.38 bits per heavy atom. The highest BCUT2D eigenvalue weighted by atomic mass is 19.3. The van der Waals surface area contributed by atoms with Crippen molar-refractivity contribution in [1.29, 1.82) is 0 Å². The summed E-state index contributed by atoms with van der Waals surface area (Å²) in [4.78, 5) is 23.8. The van der Waals surface area contributed by atoms with Gasteiger partial charge in [-0.15, -0.1) is 0 Å². The number of hydrogen-bond donors (Lipinski definition) is 1. The lowest BCUT2D eigenvalue weighted by atomic mass is 9.75. The predicted octanol–water partition coefficient (Wildman–Crippen LogP) is 4.00. The van der Waals surface area contributed by atoms with Crippen LogP contribution in [0.25, 0.3) is 0 Å². The number of carboxylic acid groups (broad SMARTS) is 1. The van der Waals surface area contributed by atoms with E-state index in [9.17, 15) is 32.3 Å². The molecule has 0 heterocycles. The maximum Gasteiger partial charge on any atom is 0.461 e. The van der Waals surface area contributed by atoms with Gasteiger partial charge in [-0.25, -0.2) is 0 Å². The van der Waals surface area contributed by atoms with Crippen LogP contribution in [0, 0.1) is 11.8 Å². The standard InChI is InChI=1S/C16H16F4O4/c17-15(18)16(19,20)24-10-5-3-4-9(8-10)13(21)11-6-1-2-7-12(11)14(22)23/h3-5,8,11-12,15H,1-2,6-7H2,(H,22,23). The number of carboxylic acids is 1. The van der Waals surface area contributed by atoms with Gasteiger partial charge in [-0.3, -0.25) is 9.59 Å². The molecule has 0 amide bonds. The van der Waals surface area contributed by atoms with E-state index in [1.165, 1.54) is 12.1 Å². The minimum atomic E-state index is -4.67. The molecule has 0 spiro atoms. The van der Waals surface area contributed by atoms with Crippen molar-refractivity contribution in [2.24, 2.45) is 11.8 Å². The van der Waals surface area contributed by atoms with Gasteiger partial charge in [-0.1, -0.05) is 25.0 Å². The summed E-state index contributed by atoms with van der Waals surface area (Å²) in [5.74, 6) is -3.76. The quantitative estimate of drug-likeness (QED) is 0.623. The van der Waals surface area contributed by atoms with Crippen LogP contribution in [0.1, 0.15) is 36.0 Å². The zero-order valence-electron chi connectivity index (χ0n) is 12.6. The highest BCUT2D eigenvalue weighted by molar-refractivity contribution is 6.00. The van der Waals surface area contributed by atoms with E-state index >= 15 is 0 Å². The highest BCUT2D eigenvalue weighted by Gasteiger charge is 2.44. The van der Waals surface area contributed by atoms with Gasteiger partial charge in [0.2, 0.25) is 0 Å². The number of benzene rings is 1. The number of ether oxygens (including phenoxy) is 1. The van der Waals surface area contributed by atoms with E-state index in [2.05, 4.69) is 4.74 Å². The molecule has 132 valence electrons. The second-order valence-corrected chi connectivity index (χ2v) is 5.69. The largest absolute Gasteiger partial charge is 0.481 e. The summed E-state index contributed by atoms with van der Waals surface area (Å²) in [5, 5.41) is 9.21. The van der Waals surface area contributed by atoms with Crippen molar-refractivity contribution in [2.75, 3.05) is 0 Å². The van der Waals surface area contributed by atoms with Crippen molar-refractivity contribution in [3.05, 3.63) is 29.8 Å². The Balaban J connectivity index is 2.21. The summed E-state index contributed by atoms with van der Waals surface area (Å²) in [5.41, 5.74) is -0.0317. The fourth-order valence-electron chi connectivity index (χ4n) is 2.87. The molecule has 1 fully saturated rings. The number of alkyl halides is 4. The molecule has 4 nitrogen and oxygen atoms in total. The van der Waals surface area contributed by atoms with Gasteiger partial charge in [0.25, 0.3) is 0 Å². The molecule has 1 aromatic rings. The Kier molecular flexibility index (Phi) is 5.46. The third-order valence-corrected chi connectivity index (χ3v) is 4.05. The number of carbonyl (C=O) groups is 2. The van der Waals surface area contributed by atoms with Crippen LogP contribution in [0.3, 0.4) is 0 Å². The molecule has 1 aromatic carbocycles. The van der Waals surface area contributed by atoms with Gasteiger partial charge in [-0.2, -0.15) is 17.6 Å². The molecular formula is C16H16F4O4. The molecule has 0 radical (unpaired) electrons. The van der Waals surface area contributed by atoms with Crippen LogP contribution in [-0.2, 0) is 4.79 Å². The number of carbonyl (C=O) groups excluding carboxylic acids is 1. The van der Waals surface area contributed by atoms with E-state index in [4.69, 9.17) is 0 Å². The smallest absolute Gasteiger partial charge is 0.461 e. The molecule has 0 bridgehead atoms. The molecule has 0 saturated heterocycles. The average molecular weight is 348 g/mol. The van der Waals surface area contributed by atoms with Gasteiger partial charge in [-0.05, 0) is 25.0 Å². The van der Waals surface area contributed by atoms with E-state index in [0.717, 1.165) is 12.1 Å². The third kappa shape index (κ3) is 4.04. The van der Waals surface area contributed by atoms with Crippen LogP contribution in [0.4, 0.5) is 17.6 Å². The summed E-state index contributed by atoms with van der Waals surface area (Å²) in [6.45, 7) is 0. The fraction of sp³-hybridized carbons (Fsp3) is 0.500. The topological polar surface area (TPSA) is 63.6 Å². The number of Topliss-reactive ketones (excluding diaryl/α,β-unsaturated/α-hetero) is 1. The van der Waals surface area contributed by atoms with Crippen LogP contribution < -0.4 is 4.74 Å². The first kappa shape index (κ1) is 18.2. The van der Waals surface area contributed by atoms with Gasteiger partial charge < -0.3 is 9.84 Å². The van der Waals surface area contributed by atoms with Crippen molar-refractivity contribution < 1.29 is 37.0 Å². The molecule has 0 aliphatic heterocycles. The van der Waals surface area contributed by atoms with Gasteiger partial charge in [0.15, 0.2) is 5.78 Å². The van der Waals surface area contributed by atoms with Gasteiger partial charge >= 0.3 is 18.5 Å². The minimum absolute atomic E-state index is 0.0317. The lowest BCUT2D eigenvalue weighted by Gasteiger charge is -2.27. The number of hydrogen-bond acceptors (Lipinski definition) is 3. The van der Waals surface area contributed by atoms with Crippen LogP contribution in [0.5, 0.6) is 5.75 Å². The van der Waals surface area contributed by atoms with Crippen molar-refractivity contribution >= 4 is 11.8 Å². The van der Waals surface area contributed by atoms with E-state index in [0.29, 0.717) is 25.7 Å². The number of ketones is 1. The van der Waals surface area contributed by atoms with Gasteiger partial charge in [0, 0.05) is 11.5 Å². The molecular weight excluding hydrogens is 332 g/mol. The van der Waals surface area contributed by atoms with Gasteiger partial charge in [0.1, 0.15) is 5.75 Å². The van der Waals surface area contributed by atoms with Crippen LogP contribution in [0.15, 0.2) is 24.3 Å². The molecule has 8 heteroatoms. The SMILES string of the molecule is O=C(O)C1CCCCC1C(=O)c1cccc(OC(F)(F)C(F)F)c1. The monoisotopic (exact) mass is 348 g/mol. The predicted molar refractivity (Wildman–Crippen MR) is 75.4 cm³/mol. The summed E-state index contributed by atoms with van der Waals surface area (Å²) < 4.78 is 54.2. The maximum absolute atomic E-state index is 13.0. The van der Waals surface area contributed by atoms with Crippen molar-refractivity contribution in [3.63, 3.8) is 0 Å². The Hall–Kier alpha value is -2.12. The second-order valence-electron chi connectivity index (χ2n) is 5.69. The first-order valence-electron chi connectivity index (χ1n) is 7.44. The first-order valence-corrected chi connectivity index (χ1v) is 7.44. The summed E-state index contributed by atoms with van der Waals surface area (Å²) >= 11 is 0. The highest BCUT2D eigenvalue weighted by Crippen LogP contribution is 2.34. The second kappa shape index (κ2) is 7.19. The Bertz CT molecular complexity index is 618. The van der Waals surface area contributed by atoms with E-state index in [1.807, 2.05) is 0 Å². The normalized spacial score (nSPS) is 21.5.